The summed E-state index contributed by atoms with van der Waals surface area (Å²) in [5, 5.41) is 0. The smallest absolute Gasteiger partial charge is 0.214 e. The standard InChI is InChI=1S/C12H14FNO3S/c13-12-5-2-1-4-10(12)8-11(15)9-14-6-3-7-18(14,16)17/h1-2,4-5H,3,6-9H2. The van der Waals surface area contributed by atoms with E-state index >= 15 is 0 Å². The molecule has 0 spiro atoms. The van der Waals surface area contributed by atoms with Gasteiger partial charge in [0.05, 0.1) is 12.3 Å². The lowest BCUT2D eigenvalue weighted by Gasteiger charge is -2.13. The molecule has 1 saturated heterocycles. The molecule has 4 nitrogen and oxygen atoms in total. The summed E-state index contributed by atoms with van der Waals surface area (Å²) in [5.41, 5.74) is 0.305. The fourth-order valence-electron chi connectivity index (χ4n) is 1.98. The van der Waals surface area contributed by atoms with Crippen LogP contribution < -0.4 is 0 Å². The Bertz CT molecular complexity index is 556. The van der Waals surface area contributed by atoms with Gasteiger partial charge in [-0.1, -0.05) is 18.2 Å². The summed E-state index contributed by atoms with van der Waals surface area (Å²) < 4.78 is 37.5. The third kappa shape index (κ3) is 2.94. The molecule has 0 radical (unpaired) electrons. The number of carbonyl (C=O) groups excluding carboxylic acids is 1. The lowest BCUT2D eigenvalue weighted by molar-refractivity contribution is -0.118. The predicted octanol–water partition coefficient (Wildman–Crippen LogP) is 0.973. The molecule has 1 aliphatic rings. The first-order valence-electron chi connectivity index (χ1n) is 5.72. The topological polar surface area (TPSA) is 54.5 Å². The van der Waals surface area contributed by atoms with Gasteiger partial charge in [0.15, 0.2) is 5.78 Å². The molecule has 1 aliphatic heterocycles. The molecule has 1 aromatic carbocycles. The van der Waals surface area contributed by atoms with E-state index in [-0.39, 0.29) is 24.5 Å². The normalized spacial score (nSPS) is 18.9. The molecule has 0 aromatic heterocycles. The van der Waals surface area contributed by atoms with Crippen LogP contribution in [0.1, 0.15) is 12.0 Å². The van der Waals surface area contributed by atoms with Gasteiger partial charge in [-0.25, -0.2) is 12.8 Å². The molecule has 6 heteroatoms. The van der Waals surface area contributed by atoms with Crippen LogP contribution in [0, 0.1) is 5.82 Å². The number of sulfonamides is 1. The van der Waals surface area contributed by atoms with E-state index in [1.807, 2.05) is 0 Å². The van der Waals surface area contributed by atoms with E-state index in [1.165, 1.54) is 16.4 Å². The van der Waals surface area contributed by atoms with Crippen LogP contribution in [0.25, 0.3) is 0 Å². The average molecular weight is 271 g/mol. The molecule has 0 saturated carbocycles. The molecule has 2 rings (SSSR count). The number of ketones is 1. The molecule has 0 aliphatic carbocycles. The molecule has 98 valence electrons. The van der Waals surface area contributed by atoms with Crippen molar-refractivity contribution in [2.45, 2.75) is 12.8 Å². The van der Waals surface area contributed by atoms with Crippen LogP contribution in [-0.2, 0) is 21.2 Å². The summed E-state index contributed by atoms with van der Waals surface area (Å²) in [6.07, 6.45) is 0.480. The second-order valence-corrected chi connectivity index (χ2v) is 6.40. The Morgan fingerprint density at radius 3 is 2.67 bits per heavy atom. The molecule has 0 amide bonds. The Morgan fingerprint density at radius 2 is 2.06 bits per heavy atom. The van der Waals surface area contributed by atoms with Crippen molar-refractivity contribution in [1.82, 2.24) is 4.31 Å². The van der Waals surface area contributed by atoms with Gasteiger partial charge in [0.2, 0.25) is 10.0 Å². The van der Waals surface area contributed by atoms with E-state index in [0.29, 0.717) is 18.5 Å². The van der Waals surface area contributed by atoms with Crippen molar-refractivity contribution in [2.24, 2.45) is 0 Å². The SMILES string of the molecule is O=C(Cc1ccccc1F)CN1CCCS1(=O)=O. The number of hydrogen-bond acceptors (Lipinski definition) is 3. The van der Waals surface area contributed by atoms with E-state index in [0.717, 1.165) is 0 Å². The second kappa shape index (κ2) is 5.16. The van der Waals surface area contributed by atoms with Gasteiger partial charge >= 0.3 is 0 Å². The first kappa shape index (κ1) is 13.2. The van der Waals surface area contributed by atoms with E-state index in [9.17, 15) is 17.6 Å². The monoisotopic (exact) mass is 271 g/mol. The first-order chi connectivity index (χ1) is 8.49. The quantitative estimate of drug-likeness (QED) is 0.820. The number of benzene rings is 1. The van der Waals surface area contributed by atoms with Crippen molar-refractivity contribution in [1.29, 1.82) is 0 Å². The van der Waals surface area contributed by atoms with Crippen LogP contribution in [0.15, 0.2) is 24.3 Å². The highest BCUT2D eigenvalue weighted by Gasteiger charge is 2.29. The van der Waals surface area contributed by atoms with Crippen LogP contribution >= 0.6 is 0 Å². The molecular weight excluding hydrogens is 257 g/mol. The summed E-state index contributed by atoms with van der Waals surface area (Å²) in [7, 11) is -3.27. The fraction of sp³-hybridized carbons (Fsp3) is 0.417. The summed E-state index contributed by atoms with van der Waals surface area (Å²) in [4.78, 5) is 11.7. The molecule has 0 N–H and O–H groups in total. The molecular formula is C12H14FNO3S. The lowest BCUT2D eigenvalue weighted by atomic mass is 10.1. The molecule has 0 atom stereocenters. The van der Waals surface area contributed by atoms with Crippen LogP contribution in [0.4, 0.5) is 4.39 Å². The Morgan fingerprint density at radius 1 is 1.33 bits per heavy atom. The van der Waals surface area contributed by atoms with Gasteiger partial charge in [-0.2, -0.15) is 4.31 Å². The largest absolute Gasteiger partial charge is 0.298 e. The van der Waals surface area contributed by atoms with Crippen molar-refractivity contribution in [3.8, 4) is 0 Å². The maximum Gasteiger partial charge on any atom is 0.214 e. The Kier molecular flexibility index (Phi) is 3.77. The fourth-order valence-corrected chi connectivity index (χ4v) is 3.48. The highest BCUT2D eigenvalue weighted by Crippen LogP contribution is 2.14. The van der Waals surface area contributed by atoms with E-state index in [4.69, 9.17) is 0 Å². The van der Waals surface area contributed by atoms with Gasteiger partial charge in [0.25, 0.3) is 0 Å². The maximum absolute atomic E-state index is 13.3. The molecule has 18 heavy (non-hydrogen) atoms. The summed E-state index contributed by atoms with van der Waals surface area (Å²) in [6.45, 7) is 0.224. The van der Waals surface area contributed by atoms with Gasteiger partial charge in [-0.05, 0) is 18.1 Å². The van der Waals surface area contributed by atoms with Crippen molar-refractivity contribution in [2.75, 3.05) is 18.8 Å². The van der Waals surface area contributed by atoms with Crippen LogP contribution in [0.2, 0.25) is 0 Å². The minimum Gasteiger partial charge on any atom is -0.298 e. The summed E-state index contributed by atoms with van der Waals surface area (Å²) in [5.74, 6) is -0.624. The minimum absolute atomic E-state index is 0.0707. The van der Waals surface area contributed by atoms with Crippen molar-refractivity contribution < 1.29 is 17.6 Å². The van der Waals surface area contributed by atoms with E-state index in [2.05, 4.69) is 0 Å². The number of Topliss-reactive ketones (excluding diaryl/α,β-unsaturated/α-hetero) is 1. The van der Waals surface area contributed by atoms with Gasteiger partial charge in [0, 0.05) is 13.0 Å². The van der Waals surface area contributed by atoms with Gasteiger partial charge in [-0.15, -0.1) is 0 Å². The Labute approximate surface area is 105 Å². The minimum atomic E-state index is -3.27. The molecule has 0 unspecified atom stereocenters. The average Bonchev–Trinajstić information content (AvgIpc) is 2.62. The summed E-state index contributed by atoms with van der Waals surface area (Å²) >= 11 is 0. The highest BCUT2D eigenvalue weighted by molar-refractivity contribution is 7.89. The predicted molar refractivity (Wildman–Crippen MR) is 65.1 cm³/mol. The Balaban J connectivity index is 2.00. The van der Waals surface area contributed by atoms with E-state index < -0.39 is 15.8 Å². The van der Waals surface area contributed by atoms with Gasteiger partial charge in [0.1, 0.15) is 5.82 Å². The lowest BCUT2D eigenvalue weighted by Crippen LogP contribution is -2.32. The number of rotatable bonds is 4. The van der Waals surface area contributed by atoms with Gasteiger partial charge in [-0.3, -0.25) is 4.79 Å². The Hall–Kier alpha value is -1.27. The van der Waals surface area contributed by atoms with Crippen molar-refractivity contribution in [3.05, 3.63) is 35.6 Å². The molecule has 1 heterocycles. The maximum atomic E-state index is 13.3. The molecule has 1 fully saturated rings. The number of halogens is 1. The molecule has 1 aromatic rings. The van der Waals surface area contributed by atoms with Crippen LogP contribution in [0.3, 0.4) is 0 Å². The number of nitrogens with zero attached hydrogens (tertiary/aromatic N) is 1. The number of hydrogen-bond donors (Lipinski definition) is 0. The zero-order valence-electron chi connectivity index (χ0n) is 9.80. The summed E-state index contributed by atoms with van der Waals surface area (Å²) in [6, 6.07) is 6.02. The van der Waals surface area contributed by atoms with Crippen LogP contribution in [0.5, 0.6) is 0 Å². The third-order valence-electron chi connectivity index (χ3n) is 2.90. The highest BCUT2D eigenvalue weighted by atomic mass is 32.2. The number of carbonyl (C=O) groups is 1. The van der Waals surface area contributed by atoms with Crippen LogP contribution in [-0.4, -0.2) is 37.3 Å². The zero-order valence-corrected chi connectivity index (χ0v) is 10.6. The van der Waals surface area contributed by atoms with Crippen molar-refractivity contribution >= 4 is 15.8 Å². The molecule has 0 bridgehead atoms. The van der Waals surface area contributed by atoms with Gasteiger partial charge < -0.3 is 0 Å². The van der Waals surface area contributed by atoms with E-state index in [1.54, 1.807) is 12.1 Å². The third-order valence-corrected chi connectivity index (χ3v) is 4.80. The van der Waals surface area contributed by atoms with Crippen molar-refractivity contribution in [3.63, 3.8) is 0 Å². The zero-order chi connectivity index (χ0) is 13.2. The second-order valence-electron chi connectivity index (χ2n) is 4.31. The first-order valence-corrected chi connectivity index (χ1v) is 7.33.